The molecule has 2 aromatic heterocycles. The van der Waals surface area contributed by atoms with Crippen molar-refractivity contribution in [3.63, 3.8) is 0 Å². The number of carbonyl (C=O) groups excluding carboxylic acids is 2. The highest BCUT2D eigenvalue weighted by atomic mass is 16.6. The van der Waals surface area contributed by atoms with Gasteiger partial charge in [0.2, 0.25) is 0 Å². The van der Waals surface area contributed by atoms with E-state index in [1.807, 2.05) is 0 Å². The normalized spacial score (nSPS) is 18.0. The second-order valence-electron chi connectivity index (χ2n) is 15.0. The van der Waals surface area contributed by atoms with Gasteiger partial charge in [-0.05, 0) is 124 Å². The van der Waals surface area contributed by atoms with Gasteiger partial charge < -0.3 is 19.4 Å². The van der Waals surface area contributed by atoms with Crippen LogP contribution >= 0.6 is 0 Å². The lowest BCUT2D eigenvalue weighted by atomic mass is 9.73. The summed E-state index contributed by atoms with van der Waals surface area (Å²) in [6, 6.07) is 13.6. The molecule has 2 N–H and O–H groups in total. The van der Waals surface area contributed by atoms with Crippen LogP contribution < -0.4 is 0 Å². The van der Waals surface area contributed by atoms with Crippen LogP contribution in [0.2, 0.25) is 0 Å². The zero-order chi connectivity index (χ0) is 34.8. The highest BCUT2D eigenvalue weighted by molar-refractivity contribution is 5.91. The highest BCUT2D eigenvalue weighted by Gasteiger charge is 2.44. The average Bonchev–Trinajstić information content (AvgIpc) is 3.66. The summed E-state index contributed by atoms with van der Waals surface area (Å²) >= 11 is 0. The number of rotatable bonds is 14. The van der Waals surface area contributed by atoms with Gasteiger partial charge in [0.1, 0.15) is 17.6 Å². The molecule has 0 bridgehead atoms. The van der Waals surface area contributed by atoms with Crippen LogP contribution in [0.5, 0.6) is 0 Å². The summed E-state index contributed by atoms with van der Waals surface area (Å²) in [5.74, 6) is -0.555. The van der Waals surface area contributed by atoms with E-state index in [1.54, 1.807) is 0 Å². The van der Waals surface area contributed by atoms with Crippen LogP contribution in [-0.2, 0) is 57.6 Å². The first kappa shape index (κ1) is 35.3. The Hall–Kier alpha value is -3.54. The molecule has 6 rings (SSSR count). The van der Waals surface area contributed by atoms with E-state index in [1.165, 1.54) is 55.4 Å². The van der Waals surface area contributed by atoms with Crippen molar-refractivity contribution in [3.05, 3.63) is 70.0 Å². The molecular formula is C43H58N2O4. The van der Waals surface area contributed by atoms with Crippen LogP contribution in [0.3, 0.4) is 0 Å². The van der Waals surface area contributed by atoms with E-state index >= 15 is 0 Å². The third-order valence-corrected chi connectivity index (χ3v) is 12.4. The van der Waals surface area contributed by atoms with E-state index in [2.05, 4.69) is 87.9 Å². The molecule has 2 aliphatic rings. The first-order valence-corrected chi connectivity index (χ1v) is 19.4. The molecule has 0 amide bonds. The van der Waals surface area contributed by atoms with Crippen molar-refractivity contribution in [3.8, 4) is 0 Å². The van der Waals surface area contributed by atoms with Crippen molar-refractivity contribution in [2.75, 3.05) is 0 Å². The predicted octanol–water partition coefficient (Wildman–Crippen LogP) is 10.1. The molecule has 49 heavy (non-hydrogen) atoms. The minimum atomic E-state index is -0.612. The van der Waals surface area contributed by atoms with Crippen molar-refractivity contribution in [2.24, 2.45) is 11.8 Å². The van der Waals surface area contributed by atoms with Crippen LogP contribution in [-0.4, -0.2) is 33.1 Å². The number of esters is 2. The fourth-order valence-electron chi connectivity index (χ4n) is 9.49. The van der Waals surface area contributed by atoms with Gasteiger partial charge in [-0.2, -0.15) is 0 Å². The molecule has 6 heteroatoms. The molecule has 264 valence electrons. The average molecular weight is 667 g/mol. The minimum absolute atomic E-state index is 0.189. The molecule has 0 saturated heterocycles. The van der Waals surface area contributed by atoms with Gasteiger partial charge >= 0.3 is 11.9 Å². The molecule has 0 saturated carbocycles. The van der Waals surface area contributed by atoms with Crippen LogP contribution in [0.4, 0.5) is 0 Å². The van der Waals surface area contributed by atoms with E-state index in [0.29, 0.717) is 25.7 Å². The standard InChI is InChI=1S/C43H58N2O4/c1-7-13-28-15-21-36-34(23-28)32-19-17-30(25-38(32)44-36)42(9-3,10-4)48-40(46)27-41(47)49-43(11-5,12-6)31-18-20-33-35-24-29(14-8-2)16-22-37(35)45-39(33)26-31/h15-16,21-24,30-31,44-45H,7-14,17-20,25-27H2,1-6H3. The first-order valence-electron chi connectivity index (χ1n) is 19.4. The summed E-state index contributed by atoms with van der Waals surface area (Å²) in [5, 5.41) is 2.68. The zero-order valence-corrected chi connectivity index (χ0v) is 30.9. The Morgan fingerprint density at radius 3 is 1.43 bits per heavy atom. The van der Waals surface area contributed by atoms with Gasteiger partial charge in [-0.3, -0.25) is 9.59 Å². The number of carbonyl (C=O) groups is 2. The molecule has 0 radical (unpaired) electrons. The lowest BCUT2D eigenvalue weighted by Crippen LogP contribution is -2.46. The quantitative estimate of drug-likeness (QED) is 0.104. The topological polar surface area (TPSA) is 84.2 Å². The molecule has 0 spiro atoms. The van der Waals surface area contributed by atoms with Gasteiger partial charge in [0.05, 0.1) is 0 Å². The van der Waals surface area contributed by atoms with Crippen LogP contribution in [0.25, 0.3) is 21.8 Å². The number of aryl methyl sites for hydroxylation is 4. The van der Waals surface area contributed by atoms with Gasteiger partial charge in [-0.1, -0.05) is 66.5 Å². The molecule has 4 aromatic rings. The number of fused-ring (bicyclic) bond motifs is 6. The molecule has 2 aliphatic carbocycles. The number of hydrogen-bond donors (Lipinski definition) is 2. The van der Waals surface area contributed by atoms with Gasteiger partial charge in [-0.25, -0.2) is 0 Å². The fraction of sp³-hybridized carbons (Fsp3) is 0.581. The largest absolute Gasteiger partial charge is 0.458 e. The Kier molecular flexibility index (Phi) is 10.6. The summed E-state index contributed by atoms with van der Waals surface area (Å²) in [5.41, 5.74) is 9.30. The lowest BCUT2D eigenvalue weighted by molar-refractivity contribution is -0.180. The van der Waals surface area contributed by atoms with Gasteiger partial charge in [0.25, 0.3) is 0 Å². The van der Waals surface area contributed by atoms with Crippen molar-refractivity contribution < 1.29 is 19.1 Å². The van der Waals surface area contributed by atoms with E-state index < -0.39 is 23.1 Å². The van der Waals surface area contributed by atoms with Crippen molar-refractivity contribution >= 4 is 33.7 Å². The van der Waals surface area contributed by atoms with Gasteiger partial charge in [0, 0.05) is 45.0 Å². The smallest absolute Gasteiger partial charge is 0.317 e. The Morgan fingerprint density at radius 1 is 0.653 bits per heavy atom. The van der Waals surface area contributed by atoms with Gasteiger partial charge in [0.15, 0.2) is 0 Å². The molecule has 0 aliphatic heterocycles. The number of nitrogens with one attached hydrogen (secondary N) is 2. The van der Waals surface area contributed by atoms with E-state index in [-0.39, 0.29) is 18.3 Å². The summed E-state index contributed by atoms with van der Waals surface area (Å²) in [6.45, 7) is 12.9. The summed E-state index contributed by atoms with van der Waals surface area (Å²) < 4.78 is 12.7. The number of aromatic amines is 2. The monoisotopic (exact) mass is 666 g/mol. The summed E-state index contributed by atoms with van der Waals surface area (Å²) in [7, 11) is 0. The Balaban J connectivity index is 1.12. The Bertz CT molecular complexity index is 1660. The fourth-order valence-corrected chi connectivity index (χ4v) is 9.49. The first-order chi connectivity index (χ1) is 23.7. The maximum absolute atomic E-state index is 13.6. The maximum Gasteiger partial charge on any atom is 0.317 e. The Labute approximate surface area is 293 Å². The van der Waals surface area contributed by atoms with Crippen LogP contribution in [0, 0.1) is 11.8 Å². The van der Waals surface area contributed by atoms with E-state index in [9.17, 15) is 9.59 Å². The Morgan fingerprint density at radius 2 is 1.06 bits per heavy atom. The molecule has 2 unspecified atom stereocenters. The number of hydrogen-bond acceptors (Lipinski definition) is 4. The number of ether oxygens (including phenoxy) is 2. The van der Waals surface area contributed by atoms with Crippen LogP contribution in [0.15, 0.2) is 36.4 Å². The maximum atomic E-state index is 13.6. The number of benzene rings is 2. The van der Waals surface area contributed by atoms with Crippen molar-refractivity contribution in [1.82, 2.24) is 9.97 Å². The molecule has 0 fully saturated rings. The zero-order valence-electron chi connectivity index (χ0n) is 30.9. The highest BCUT2D eigenvalue weighted by Crippen LogP contribution is 2.43. The minimum Gasteiger partial charge on any atom is -0.458 e. The number of H-pyrrole nitrogens is 2. The van der Waals surface area contributed by atoms with E-state index in [0.717, 1.165) is 64.2 Å². The predicted molar refractivity (Wildman–Crippen MR) is 199 cm³/mol. The third-order valence-electron chi connectivity index (χ3n) is 12.4. The summed E-state index contributed by atoms with van der Waals surface area (Å²) in [6.07, 6.45) is 12.5. The summed E-state index contributed by atoms with van der Waals surface area (Å²) in [4.78, 5) is 34.5. The molecule has 2 aromatic carbocycles. The lowest BCUT2D eigenvalue weighted by Gasteiger charge is -2.42. The van der Waals surface area contributed by atoms with E-state index in [4.69, 9.17) is 9.47 Å². The molecule has 6 nitrogen and oxygen atoms in total. The van der Waals surface area contributed by atoms with Crippen molar-refractivity contribution in [2.45, 2.75) is 149 Å². The second-order valence-corrected chi connectivity index (χ2v) is 15.0. The van der Waals surface area contributed by atoms with Crippen LogP contribution in [0.1, 0.15) is 133 Å². The molecule has 2 heterocycles. The SMILES string of the molecule is CCCc1ccc2[nH]c3c(c2c1)CCC(C(CC)(CC)OC(=O)CC(=O)OC(CC)(CC)C1CCc2c([nH]c4ccc(CCC)cc24)C1)C3. The van der Waals surface area contributed by atoms with Gasteiger partial charge in [-0.15, -0.1) is 0 Å². The molecule has 2 atom stereocenters. The third kappa shape index (κ3) is 6.81. The second kappa shape index (κ2) is 14.7. The van der Waals surface area contributed by atoms with Crippen molar-refractivity contribution in [1.29, 1.82) is 0 Å². The number of aromatic nitrogens is 2. The molecular weight excluding hydrogens is 608 g/mol.